The number of likely N-dealkylation sites (N-methyl/N-ethyl adjacent to an activating group) is 1. The molecule has 0 fully saturated rings. The van der Waals surface area contributed by atoms with E-state index in [1.54, 1.807) is 36.1 Å². The minimum Gasteiger partial charge on any atom is -0.326 e. The highest BCUT2D eigenvalue weighted by Crippen LogP contribution is 2.14. The number of rotatable bonds is 8. The summed E-state index contributed by atoms with van der Waals surface area (Å²) in [5, 5.41) is 8.38. The molecular formula is C22H28N4O3. The first-order valence-corrected chi connectivity index (χ1v) is 9.57. The lowest BCUT2D eigenvalue weighted by Gasteiger charge is -2.26. The van der Waals surface area contributed by atoms with Crippen LogP contribution < -0.4 is 16.0 Å². The summed E-state index contributed by atoms with van der Waals surface area (Å²) >= 11 is 0. The van der Waals surface area contributed by atoms with Crippen LogP contribution in [0.4, 0.5) is 17.1 Å². The molecule has 154 valence electrons. The molecule has 7 heteroatoms. The number of nitrogens with zero attached hydrogens (tertiary/aromatic N) is 1. The van der Waals surface area contributed by atoms with Gasteiger partial charge in [0, 0.05) is 24.0 Å². The second-order valence-corrected chi connectivity index (χ2v) is 6.90. The standard InChI is InChI=1S/C22H28N4O3/c1-5-26(16(3)22(29)25-20-8-6-7-15(2)13-20)14-21(28)24-19-11-9-18(10-12-19)23-17(4)27/h6-13,16H,5,14H2,1-4H3,(H,23,27)(H,24,28)(H,25,29)/t16-/m1/s1. The Kier molecular flexibility index (Phi) is 7.91. The normalized spacial score (nSPS) is 11.6. The molecule has 0 unspecified atom stereocenters. The number of carbonyl (C=O) groups is 3. The topological polar surface area (TPSA) is 90.5 Å². The second-order valence-electron chi connectivity index (χ2n) is 6.90. The lowest BCUT2D eigenvalue weighted by Crippen LogP contribution is -2.45. The van der Waals surface area contributed by atoms with Crippen LogP contribution in [-0.4, -0.2) is 41.8 Å². The molecule has 0 aliphatic heterocycles. The summed E-state index contributed by atoms with van der Waals surface area (Å²) in [6, 6.07) is 14.0. The van der Waals surface area contributed by atoms with E-state index >= 15 is 0 Å². The van der Waals surface area contributed by atoms with Crippen LogP contribution in [0.25, 0.3) is 0 Å². The molecule has 2 aromatic rings. The quantitative estimate of drug-likeness (QED) is 0.639. The monoisotopic (exact) mass is 396 g/mol. The maximum absolute atomic E-state index is 12.6. The Hall–Kier alpha value is -3.19. The molecule has 0 radical (unpaired) electrons. The van der Waals surface area contributed by atoms with Gasteiger partial charge in [0.1, 0.15) is 0 Å². The SMILES string of the molecule is CCN(CC(=O)Nc1ccc(NC(C)=O)cc1)[C@H](C)C(=O)Nc1cccc(C)c1. The van der Waals surface area contributed by atoms with Crippen LogP contribution in [0.5, 0.6) is 0 Å². The Morgan fingerprint density at radius 1 is 0.931 bits per heavy atom. The van der Waals surface area contributed by atoms with Crippen molar-refractivity contribution in [2.24, 2.45) is 0 Å². The third-order valence-electron chi connectivity index (χ3n) is 4.45. The molecule has 3 amide bonds. The van der Waals surface area contributed by atoms with Crippen molar-refractivity contribution in [3.05, 3.63) is 54.1 Å². The van der Waals surface area contributed by atoms with Crippen molar-refractivity contribution in [1.82, 2.24) is 4.90 Å². The molecule has 1 atom stereocenters. The van der Waals surface area contributed by atoms with Crippen molar-refractivity contribution >= 4 is 34.8 Å². The highest BCUT2D eigenvalue weighted by Gasteiger charge is 2.22. The van der Waals surface area contributed by atoms with E-state index in [2.05, 4.69) is 16.0 Å². The summed E-state index contributed by atoms with van der Waals surface area (Å²) in [6.45, 7) is 7.73. The van der Waals surface area contributed by atoms with Crippen molar-refractivity contribution in [2.45, 2.75) is 33.7 Å². The lowest BCUT2D eigenvalue weighted by atomic mass is 10.2. The summed E-state index contributed by atoms with van der Waals surface area (Å²) in [5.74, 6) is -0.530. The summed E-state index contributed by atoms with van der Waals surface area (Å²) in [7, 11) is 0. The van der Waals surface area contributed by atoms with Crippen molar-refractivity contribution in [2.75, 3.05) is 29.0 Å². The maximum Gasteiger partial charge on any atom is 0.241 e. The molecule has 3 N–H and O–H groups in total. The number of hydrogen-bond acceptors (Lipinski definition) is 4. The summed E-state index contributed by atoms with van der Waals surface area (Å²) in [6.07, 6.45) is 0. The Morgan fingerprint density at radius 3 is 2.10 bits per heavy atom. The van der Waals surface area contributed by atoms with Gasteiger partial charge in [-0.3, -0.25) is 19.3 Å². The summed E-state index contributed by atoms with van der Waals surface area (Å²) < 4.78 is 0. The van der Waals surface area contributed by atoms with Crippen LogP contribution in [0.1, 0.15) is 26.3 Å². The van der Waals surface area contributed by atoms with Crippen molar-refractivity contribution in [3.8, 4) is 0 Å². The highest BCUT2D eigenvalue weighted by atomic mass is 16.2. The number of amides is 3. The molecule has 0 aliphatic carbocycles. The molecule has 2 aromatic carbocycles. The number of aryl methyl sites for hydroxylation is 1. The average Bonchev–Trinajstić information content (AvgIpc) is 2.66. The molecule has 0 saturated carbocycles. The molecule has 0 aliphatic rings. The van der Waals surface area contributed by atoms with E-state index in [0.717, 1.165) is 11.3 Å². The molecular weight excluding hydrogens is 368 g/mol. The summed E-state index contributed by atoms with van der Waals surface area (Å²) in [4.78, 5) is 37.9. The fourth-order valence-electron chi connectivity index (χ4n) is 2.88. The zero-order chi connectivity index (χ0) is 21.4. The zero-order valence-electron chi connectivity index (χ0n) is 17.3. The van der Waals surface area contributed by atoms with Gasteiger partial charge >= 0.3 is 0 Å². The van der Waals surface area contributed by atoms with E-state index in [1.165, 1.54) is 6.92 Å². The van der Waals surface area contributed by atoms with Gasteiger partial charge in [-0.25, -0.2) is 0 Å². The van der Waals surface area contributed by atoms with Gasteiger partial charge in [0.2, 0.25) is 17.7 Å². The number of nitrogens with one attached hydrogen (secondary N) is 3. The summed E-state index contributed by atoms with van der Waals surface area (Å²) in [5.41, 5.74) is 3.08. The third kappa shape index (κ3) is 7.04. The van der Waals surface area contributed by atoms with E-state index in [4.69, 9.17) is 0 Å². The predicted molar refractivity (Wildman–Crippen MR) is 116 cm³/mol. The molecule has 2 rings (SSSR count). The van der Waals surface area contributed by atoms with E-state index < -0.39 is 6.04 Å². The van der Waals surface area contributed by atoms with Gasteiger partial charge in [0.05, 0.1) is 12.6 Å². The van der Waals surface area contributed by atoms with Crippen LogP contribution in [-0.2, 0) is 14.4 Å². The number of benzene rings is 2. The van der Waals surface area contributed by atoms with Crippen LogP contribution in [0.2, 0.25) is 0 Å². The van der Waals surface area contributed by atoms with Gasteiger partial charge in [0.25, 0.3) is 0 Å². The maximum atomic E-state index is 12.6. The van der Waals surface area contributed by atoms with E-state index in [-0.39, 0.29) is 24.3 Å². The second kappa shape index (κ2) is 10.4. The van der Waals surface area contributed by atoms with E-state index in [1.807, 2.05) is 38.1 Å². The van der Waals surface area contributed by atoms with Gasteiger partial charge in [-0.15, -0.1) is 0 Å². The Morgan fingerprint density at radius 2 is 1.55 bits per heavy atom. The van der Waals surface area contributed by atoms with Gasteiger partial charge in [-0.1, -0.05) is 19.1 Å². The molecule has 0 heterocycles. The first-order chi connectivity index (χ1) is 13.8. The van der Waals surface area contributed by atoms with E-state index in [9.17, 15) is 14.4 Å². The Labute approximate surface area is 171 Å². The third-order valence-corrected chi connectivity index (χ3v) is 4.45. The van der Waals surface area contributed by atoms with Gasteiger partial charge in [0.15, 0.2) is 0 Å². The first-order valence-electron chi connectivity index (χ1n) is 9.57. The van der Waals surface area contributed by atoms with E-state index in [0.29, 0.717) is 17.9 Å². The minimum absolute atomic E-state index is 0.0896. The van der Waals surface area contributed by atoms with Crippen molar-refractivity contribution < 1.29 is 14.4 Å². The molecule has 0 bridgehead atoms. The fourth-order valence-corrected chi connectivity index (χ4v) is 2.88. The minimum atomic E-state index is -0.464. The number of hydrogen-bond donors (Lipinski definition) is 3. The fraction of sp³-hybridized carbons (Fsp3) is 0.318. The number of anilines is 3. The smallest absolute Gasteiger partial charge is 0.241 e. The van der Waals surface area contributed by atoms with Gasteiger partial charge in [-0.05, 0) is 62.4 Å². The van der Waals surface area contributed by atoms with Crippen molar-refractivity contribution in [3.63, 3.8) is 0 Å². The molecule has 7 nitrogen and oxygen atoms in total. The highest BCUT2D eigenvalue weighted by molar-refractivity contribution is 5.96. The Balaban J connectivity index is 1.92. The molecule has 0 spiro atoms. The van der Waals surface area contributed by atoms with Crippen LogP contribution in [0.15, 0.2) is 48.5 Å². The zero-order valence-corrected chi connectivity index (χ0v) is 17.3. The van der Waals surface area contributed by atoms with Crippen molar-refractivity contribution in [1.29, 1.82) is 0 Å². The van der Waals surface area contributed by atoms with Crippen LogP contribution >= 0.6 is 0 Å². The number of carbonyl (C=O) groups excluding carboxylic acids is 3. The predicted octanol–water partition coefficient (Wildman–Crippen LogP) is 3.24. The van der Waals surface area contributed by atoms with Crippen LogP contribution in [0.3, 0.4) is 0 Å². The van der Waals surface area contributed by atoms with Gasteiger partial charge in [-0.2, -0.15) is 0 Å². The largest absolute Gasteiger partial charge is 0.326 e. The Bertz CT molecular complexity index is 865. The van der Waals surface area contributed by atoms with Crippen LogP contribution in [0, 0.1) is 6.92 Å². The first kappa shape index (κ1) is 22.1. The lowest BCUT2D eigenvalue weighted by molar-refractivity contribution is -0.123. The average molecular weight is 396 g/mol. The molecule has 0 saturated heterocycles. The van der Waals surface area contributed by atoms with Gasteiger partial charge < -0.3 is 16.0 Å². The molecule has 29 heavy (non-hydrogen) atoms. The molecule has 0 aromatic heterocycles.